The number of aryl methyl sites for hydroxylation is 2. The van der Waals surface area contributed by atoms with Gasteiger partial charge in [-0.25, -0.2) is 9.37 Å². The second-order valence-electron chi connectivity index (χ2n) is 6.26. The van der Waals surface area contributed by atoms with Crippen LogP contribution in [0.25, 0.3) is 16.7 Å². The van der Waals surface area contributed by atoms with E-state index in [0.717, 1.165) is 16.8 Å². The summed E-state index contributed by atoms with van der Waals surface area (Å²) >= 11 is 1.47. The van der Waals surface area contributed by atoms with Crippen molar-refractivity contribution in [1.82, 2.24) is 24.7 Å². The molecule has 0 spiro atoms. The third kappa shape index (κ3) is 3.35. The van der Waals surface area contributed by atoms with E-state index in [9.17, 15) is 4.39 Å². The molecule has 27 heavy (non-hydrogen) atoms. The minimum absolute atomic E-state index is 0.230. The lowest BCUT2D eigenvalue weighted by Gasteiger charge is -2.14. The molecule has 3 heterocycles. The van der Waals surface area contributed by atoms with Gasteiger partial charge in [-0.2, -0.15) is 5.10 Å². The number of aromatic amines is 1. The van der Waals surface area contributed by atoms with Crippen LogP contribution in [-0.2, 0) is 5.75 Å². The van der Waals surface area contributed by atoms with Gasteiger partial charge in [-0.05, 0) is 55.3 Å². The number of thioether (sulfide) groups is 1. The maximum atomic E-state index is 14.0. The molecule has 3 aromatic heterocycles. The van der Waals surface area contributed by atoms with Crippen LogP contribution in [0.1, 0.15) is 16.8 Å². The van der Waals surface area contributed by atoms with Crippen molar-refractivity contribution in [3.8, 4) is 5.69 Å². The summed E-state index contributed by atoms with van der Waals surface area (Å²) in [5.41, 5.74) is 3.92. The highest BCUT2D eigenvalue weighted by Gasteiger charge is 2.16. The number of halogens is 1. The van der Waals surface area contributed by atoms with Gasteiger partial charge >= 0.3 is 0 Å². The van der Waals surface area contributed by atoms with E-state index in [4.69, 9.17) is 5.41 Å². The number of hydrogen-bond donors (Lipinski definition) is 2. The fraction of sp³-hybridized carbons (Fsp3) is 0.158. The number of H-pyrrole nitrogens is 1. The van der Waals surface area contributed by atoms with Crippen LogP contribution in [0.15, 0.2) is 47.9 Å². The van der Waals surface area contributed by atoms with Crippen molar-refractivity contribution in [2.45, 2.75) is 24.8 Å². The van der Waals surface area contributed by atoms with Gasteiger partial charge in [0.25, 0.3) is 0 Å². The summed E-state index contributed by atoms with van der Waals surface area (Å²) in [6, 6.07) is 8.60. The zero-order valence-electron chi connectivity index (χ0n) is 14.8. The van der Waals surface area contributed by atoms with Gasteiger partial charge in [0, 0.05) is 23.8 Å². The van der Waals surface area contributed by atoms with E-state index in [2.05, 4.69) is 20.2 Å². The Bertz CT molecular complexity index is 1160. The molecule has 1 aromatic carbocycles. The number of nitrogens with one attached hydrogen (secondary N) is 2. The second-order valence-corrected chi connectivity index (χ2v) is 7.20. The van der Waals surface area contributed by atoms with E-state index in [-0.39, 0.29) is 11.3 Å². The summed E-state index contributed by atoms with van der Waals surface area (Å²) in [5.74, 6) is 0.309. The molecule has 136 valence electrons. The van der Waals surface area contributed by atoms with Gasteiger partial charge in [0.05, 0.1) is 11.1 Å². The predicted molar refractivity (Wildman–Crippen MR) is 102 cm³/mol. The molecule has 0 atom stereocenters. The molecule has 2 N–H and O–H groups in total. The molecule has 4 rings (SSSR count). The van der Waals surface area contributed by atoms with Crippen LogP contribution in [0.2, 0.25) is 0 Å². The first-order valence-electron chi connectivity index (χ1n) is 8.34. The molecule has 0 saturated heterocycles. The summed E-state index contributed by atoms with van der Waals surface area (Å²) < 4.78 is 15.7. The van der Waals surface area contributed by atoms with E-state index in [1.807, 2.05) is 32.0 Å². The average Bonchev–Trinajstić information content (AvgIpc) is 3.01. The highest BCUT2D eigenvalue weighted by atomic mass is 32.2. The highest BCUT2D eigenvalue weighted by Crippen LogP contribution is 2.25. The first-order chi connectivity index (χ1) is 13.0. The number of fused-ring (bicyclic) bond motifs is 1. The van der Waals surface area contributed by atoms with Crippen LogP contribution in [0.5, 0.6) is 0 Å². The SMILES string of the molecule is Cc1cc(F)cc(-n2c(SCc3ccncc3)nc3n[nH]c(C)c3c2=N)c1. The molecule has 6 nitrogen and oxygen atoms in total. The Hall–Kier alpha value is -3.00. The van der Waals surface area contributed by atoms with Crippen LogP contribution < -0.4 is 5.49 Å². The lowest BCUT2D eigenvalue weighted by Crippen LogP contribution is -2.22. The number of benzene rings is 1. The first-order valence-corrected chi connectivity index (χ1v) is 9.33. The van der Waals surface area contributed by atoms with Crippen molar-refractivity contribution in [2.24, 2.45) is 0 Å². The fourth-order valence-corrected chi connectivity index (χ4v) is 3.90. The molecule has 0 aliphatic carbocycles. The largest absolute Gasteiger partial charge is 0.283 e. The van der Waals surface area contributed by atoms with Gasteiger partial charge in [0.1, 0.15) is 11.3 Å². The Morgan fingerprint density at radius 3 is 2.70 bits per heavy atom. The van der Waals surface area contributed by atoms with Crippen LogP contribution in [0.3, 0.4) is 0 Å². The molecule has 0 amide bonds. The smallest absolute Gasteiger partial charge is 0.187 e. The normalized spacial score (nSPS) is 11.2. The fourth-order valence-electron chi connectivity index (χ4n) is 2.94. The van der Waals surface area contributed by atoms with Crippen LogP contribution in [0, 0.1) is 25.1 Å². The van der Waals surface area contributed by atoms with Crippen molar-refractivity contribution in [3.63, 3.8) is 0 Å². The van der Waals surface area contributed by atoms with Crippen LogP contribution in [-0.4, -0.2) is 24.7 Å². The molecule has 0 bridgehead atoms. The first kappa shape index (κ1) is 17.4. The molecular weight excluding hydrogens is 363 g/mol. The van der Waals surface area contributed by atoms with E-state index < -0.39 is 0 Å². The number of aromatic nitrogens is 5. The minimum atomic E-state index is -0.342. The van der Waals surface area contributed by atoms with Crippen molar-refractivity contribution in [1.29, 1.82) is 5.41 Å². The van der Waals surface area contributed by atoms with E-state index in [0.29, 0.717) is 27.6 Å². The van der Waals surface area contributed by atoms with Gasteiger partial charge in [0.2, 0.25) is 0 Å². The van der Waals surface area contributed by atoms with Crippen molar-refractivity contribution >= 4 is 22.8 Å². The Labute approximate surface area is 159 Å². The van der Waals surface area contributed by atoms with Gasteiger partial charge < -0.3 is 0 Å². The summed E-state index contributed by atoms with van der Waals surface area (Å²) in [6.07, 6.45) is 3.48. The number of hydrogen-bond acceptors (Lipinski definition) is 5. The summed E-state index contributed by atoms with van der Waals surface area (Å²) in [5, 5.41) is 17.0. The van der Waals surface area contributed by atoms with Crippen molar-refractivity contribution in [3.05, 3.63) is 70.9 Å². The third-order valence-corrected chi connectivity index (χ3v) is 5.19. The van der Waals surface area contributed by atoms with Gasteiger partial charge in [-0.3, -0.25) is 20.1 Å². The van der Waals surface area contributed by atoms with E-state index in [1.54, 1.807) is 17.0 Å². The number of nitrogens with zero attached hydrogens (tertiary/aromatic N) is 4. The van der Waals surface area contributed by atoms with Crippen molar-refractivity contribution in [2.75, 3.05) is 0 Å². The third-order valence-electron chi connectivity index (χ3n) is 4.18. The number of pyridine rings is 1. The topological polar surface area (TPSA) is 83.2 Å². The Balaban J connectivity index is 1.89. The van der Waals surface area contributed by atoms with Gasteiger partial charge in [0.15, 0.2) is 10.8 Å². The molecule has 0 saturated carbocycles. The van der Waals surface area contributed by atoms with E-state index >= 15 is 0 Å². The predicted octanol–water partition coefficient (Wildman–Crippen LogP) is 3.67. The molecule has 0 fully saturated rings. The molecule has 0 radical (unpaired) electrons. The Morgan fingerprint density at radius 2 is 1.96 bits per heavy atom. The molecular formula is C19H17FN6S. The van der Waals surface area contributed by atoms with Gasteiger partial charge in [-0.15, -0.1) is 0 Å². The molecule has 0 aliphatic heterocycles. The van der Waals surface area contributed by atoms with Crippen molar-refractivity contribution < 1.29 is 4.39 Å². The quantitative estimate of drug-likeness (QED) is 0.418. The van der Waals surface area contributed by atoms with E-state index in [1.165, 1.54) is 23.9 Å². The summed E-state index contributed by atoms with van der Waals surface area (Å²) in [4.78, 5) is 8.66. The van der Waals surface area contributed by atoms with Crippen LogP contribution in [0.4, 0.5) is 4.39 Å². The zero-order chi connectivity index (χ0) is 19.0. The molecule has 0 unspecified atom stereocenters. The Morgan fingerprint density at radius 1 is 1.19 bits per heavy atom. The highest BCUT2D eigenvalue weighted by molar-refractivity contribution is 7.98. The molecule has 4 aromatic rings. The lowest BCUT2D eigenvalue weighted by atomic mass is 10.2. The Kier molecular flexibility index (Phi) is 4.49. The maximum absolute atomic E-state index is 14.0. The van der Waals surface area contributed by atoms with Gasteiger partial charge in [-0.1, -0.05) is 11.8 Å². The summed E-state index contributed by atoms with van der Waals surface area (Å²) in [7, 11) is 0. The standard InChI is InChI=1S/C19H17FN6S/c1-11-7-14(20)9-15(8-11)26-17(21)16-12(2)24-25-18(16)23-19(26)27-10-13-3-5-22-6-4-13/h3-9,21H,10H2,1-2H3,(H,24,25). The maximum Gasteiger partial charge on any atom is 0.187 e. The average molecular weight is 380 g/mol. The number of rotatable bonds is 4. The molecule has 0 aliphatic rings. The minimum Gasteiger partial charge on any atom is -0.283 e. The zero-order valence-corrected chi connectivity index (χ0v) is 15.6. The second kappa shape index (κ2) is 6.96. The monoisotopic (exact) mass is 380 g/mol. The lowest BCUT2D eigenvalue weighted by molar-refractivity contribution is 0.623. The molecule has 8 heteroatoms. The summed E-state index contributed by atoms with van der Waals surface area (Å²) in [6.45, 7) is 3.68. The van der Waals surface area contributed by atoms with Crippen LogP contribution >= 0.6 is 11.8 Å².